The normalized spacial score (nSPS) is 12.3. The van der Waals surface area contributed by atoms with Gasteiger partial charge in [0.05, 0.1) is 19.3 Å². The van der Waals surface area contributed by atoms with Crippen LogP contribution in [0.4, 0.5) is 17.1 Å². The van der Waals surface area contributed by atoms with Gasteiger partial charge in [0.1, 0.15) is 18.1 Å². The molecule has 0 aliphatic rings. The molecular formula is C70H83ClN12O6. The largest absolute Gasteiger partial charge is 0.361 e. The van der Waals surface area contributed by atoms with Crippen molar-refractivity contribution in [2.75, 3.05) is 35.6 Å². The zero-order chi connectivity index (χ0) is 62.1. The molecule has 3 aromatic heterocycles. The first kappa shape index (κ1) is 65.9. The zero-order valence-corrected chi connectivity index (χ0v) is 51.7. The molecule has 6 amide bonds. The third kappa shape index (κ3) is 17.2. The molecule has 0 aliphatic heterocycles. The van der Waals surface area contributed by atoms with E-state index < -0.39 is 18.1 Å². The number of nitrogens with two attached hydrogens (primary N) is 3. The molecule has 3 heterocycles. The predicted molar refractivity (Wildman–Crippen MR) is 358 cm³/mol. The molecule has 0 fully saturated rings. The topological polar surface area (TPSA) is 300 Å². The Morgan fingerprint density at radius 1 is 0.382 bits per heavy atom. The van der Waals surface area contributed by atoms with Gasteiger partial charge < -0.3 is 64.1 Å². The predicted octanol–water partition coefficient (Wildman–Crippen LogP) is 10.0. The maximum atomic E-state index is 14.1. The van der Waals surface area contributed by atoms with E-state index >= 15 is 0 Å². The van der Waals surface area contributed by atoms with E-state index in [1.54, 1.807) is 0 Å². The average molecular weight is 1220 g/mol. The van der Waals surface area contributed by atoms with Crippen LogP contribution in [0, 0.1) is 20.8 Å². The van der Waals surface area contributed by atoms with E-state index in [4.69, 9.17) is 17.2 Å². The van der Waals surface area contributed by atoms with Crippen LogP contribution >= 0.6 is 12.4 Å². The number of H-pyrrole nitrogens is 3. The summed E-state index contributed by atoms with van der Waals surface area (Å²) in [6.45, 7) is 7.40. The molecule has 0 saturated heterocycles. The van der Waals surface area contributed by atoms with Crippen molar-refractivity contribution in [1.82, 2.24) is 30.9 Å². The standard InChI is InChI=1S/C70H82N12O6.ClH/c1-43-13-10-19-55-64(43)49(40-74-55)37-61(83)80-58(16-4-7-34-71)68(86)77-52-28-22-46(23-29-52)67(47-24-30-53(31-25-47)78-69(87)59(17-5-8-35-72)81-62(84)38-50-41-75-56-20-11-14-44(2)65(50)56)48-26-32-54(33-27-48)79-70(88)60(18-6-9-36-73)82-63(85)39-51-42-76-57-21-12-15-45(3)66(51)57;/h10-15,19-33,40-42,58-60,67,74-76H,4-9,16-18,34-39,71-73H2,1-3H3,(H,77,86)(H,78,87)(H,79,88)(H,80,83)(H,81,84)(H,82,85);1H/t58-,59-,60-;/m1./s1. The Kier molecular flexibility index (Phi) is 23.5. The number of hydrogen-bond donors (Lipinski definition) is 12. The number of carbonyl (C=O) groups excluding carboxylic acids is 6. The van der Waals surface area contributed by atoms with Crippen molar-refractivity contribution >= 4 is 97.6 Å². The number of amides is 6. The molecular weight excluding hydrogens is 1140 g/mol. The number of carbonyl (C=O) groups is 6. The van der Waals surface area contributed by atoms with Gasteiger partial charge in [0.25, 0.3) is 0 Å². The van der Waals surface area contributed by atoms with Crippen LogP contribution in [0.25, 0.3) is 32.7 Å². The van der Waals surface area contributed by atoms with Crippen molar-refractivity contribution in [1.29, 1.82) is 0 Å². The van der Waals surface area contributed by atoms with E-state index in [0.29, 0.717) is 94.5 Å². The molecule has 0 aliphatic carbocycles. The molecule has 3 atom stereocenters. The monoisotopic (exact) mass is 1220 g/mol. The fourth-order valence-electron chi connectivity index (χ4n) is 11.9. The van der Waals surface area contributed by atoms with Crippen LogP contribution in [0.3, 0.4) is 0 Å². The number of fused-ring (bicyclic) bond motifs is 3. The van der Waals surface area contributed by atoms with Gasteiger partial charge in [0.2, 0.25) is 35.4 Å². The smallest absolute Gasteiger partial charge is 0.246 e. The van der Waals surface area contributed by atoms with Gasteiger partial charge in [-0.3, -0.25) is 28.8 Å². The first-order chi connectivity index (χ1) is 42.7. The number of hydrogen-bond acceptors (Lipinski definition) is 9. The Balaban J connectivity index is 0.0000102. The van der Waals surface area contributed by atoms with E-state index in [2.05, 4.69) is 46.9 Å². The van der Waals surface area contributed by atoms with Gasteiger partial charge in [-0.2, -0.15) is 0 Å². The van der Waals surface area contributed by atoms with Crippen LogP contribution in [-0.2, 0) is 48.0 Å². The zero-order valence-electron chi connectivity index (χ0n) is 50.9. The van der Waals surface area contributed by atoms with E-state index in [1.165, 1.54) is 0 Å². The minimum Gasteiger partial charge on any atom is -0.361 e. The quantitative estimate of drug-likeness (QED) is 0.0150. The summed E-state index contributed by atoms with van der Waals surface area (Å²) in [6, 6.07) is 38.0. The van der Waals surface area contributed by atoms with Crippen molar-refractivity contribution in [3.8, 4) is 0 Å². The first-order valence-corrected chi connectivity index (χ1v) is 30.6. The van der Waals surface area contributed by atoms with Crippen molar-refractivity contribution in [2.24, 2.45) is 17.2 Å². The number of nitrogens with one attached hydrogen (secondary N) is 9. The molecule has 0 spiro atoms. The second kappa shape index (κ2) is 31.7. The molecule has 466 valence electrons. The van der Waals surface area contributed by atoms with Crippen LogP contribution in [0.1, 0.15) is 114 Å². The van der Waals surface area contributed by atoms with E-state index in [-0.39, 0.29) is 73.0 Å². The number of aromatic amines is 3. The van der Waals surface area contributed by atoms with Gasteiger partial charge >= 0.3 is 0 Å². The highest BCUT2D eigenvalue weighted by atomic mass is 35.5. The summed E-state index contributed by atoms with van der Waals surface area (Å²) in [5, 5.41) is 21.1. The summed E-state index contributed by atoms with van der Waals surface area (Å²) in [7, 11) is 0. The molecule has 15 N–H and O–H groups in total. The van der Waals surface area contributed by atoms with Gasteiger partial charge in [-0.05, 0) is 203 Å². The molecule has 18 nitrogen and oxygen atoms in total. The Morgan fingerprint density at radius 3 is 0.910 bits per heavy atom. The highest BCUT2D eigenvalue weighted by molar-refractivity contribution is 6.01. The lowest BCUT2D eigenvalue weighted by molar-refractivity contribution is -0.126. The Hall–Kier alpha value is -9.07. The number of aromatic nitrogens is 3. The highest BCUT2D eigenvalue weighted by Gasteiger charge is 2.27. The number of rotatable bonds is 30. The Bertz CT molecular complexity index is 3480. The molecule has 6 aromatic carbocycles. The molecule has 9 rings (SSSR count). The van der Waals surface area contributed by atoms with Crippen molar-refractivity contribution in [3.63, 3.8) is 0 Å². The maximum absolute atomic E-state index is 14.1. The molecule has 0 bridgehead atoms. The number of unbranched alkanes of at least 4 members (excludes halogenated alkanes) is 3. The molecule has 89 heavy (non-hydrogen) atoms. The number of aryl methyl sites for hydroxylation is 3. The third-order valence-corrected chi connectivity index (χ3v) is 16.4. The lowest BCUT2D eigenvalue weighted by atomic mass is 9.85. The minimum absolute atomic E-state index is 0. The van der Waals surface area contributed by atoms with E-state index in [0.717, 1.165) is 82.8 Å². The van der Waals surface area contributed by atoms with Crippen LogP contribution in [0.15, 0.2) is 146 Å². The van der Waals surface area contributed by atoms with Crippen molar-refractivity contribution < 1.29 is 28.8 Å². The average Bonchev–Trinajstić information content (AvgIpc) is 2.72. The van der Waals surface area contributed by atoms with Gasteiger partial charge in [-0.25, -0.2) is 0 Å². The molecule has 19 heteroatoms. The Labute approximate surface area is 525 Å². The van der Waals surface area contributed by atoms with Crippen LogP contribution in [-0.4, -0.2) is 88.2 Å². The van der Waals surface area contributed by atoms with E-state index in [1.807, 2.05) is 167 Å². The summed E-state index contributed by atoms with van der Waals surface area (Å²) in [4.78, 5) is 92.8. The SMILES string of the molecule is Cc1cccc2[nH]cc(CC(=O)N[C@H](CCCCN)C(=O)Nc3ccc(C(c4ccc(NC(=O)[C@@H](CCCCN)NC(=O)Cc5c[nH]c6cccc(C)c56)cc4)c4ccc(NC(=O)[C@@H](CCCCN)NC(=O)Cc5c[nH]c6cccc(C)c56)cc4)cc3)c12.Cl. The minimum atomic E-state index is -0.810. The third-order valence-electron chi connectivity index (χ3n) is 16.4. The number of benzene rings is 6. The Morgan fingerprint density at radius 2 is 0.652 bits per heavy atom. The van der Waals surface area contributed by atoms with Crippen molar-refractivity contribution in [2.45, 2.75) is 122 Å². The highest BCUT2D eigenvalue weighted by Crippen LogP contribution is 2.35. The van der Waals surface area contributed by atoms with Gasteiger partial charge in [-0.1, -0.05) is 72.8 Å². The lowest BCUT2D eigenvalue weighted by Crippen LogP contribution is -2.44. The molecule has 9 aromatic rings. The van der Waals surface area contributed by atoms with E-state index in [9.17, 15) is 28.8 Å². The molecule has 0 saturated carbocycles. The molecule has 0 unspecified atom stereocenters. The summed E-state index contributed by atoms with van der Waals surface area (Å²) in [5.41, 5.74) is 30.3. The van der Waals surface area contributed by atoms with Gasteiger partial charge in [0, 0.05) is 74.3 Å². The summed E-state index contributed by atoms with van der Waals surface area (Å²) in [6.07, 6.45) is 11.0. The summed E-state index contributed by atoms with van der Waals surface area (Å²) in [5.74, 6) is -2.25. The number of halogens is 1. The van der Waals surface area contributed by atoms with Crippen LogP contribution in [0.5, 0.6) is 0 Å². The first-order valence-electron chi connectivity index (χ1n) is 30.6. The fourth-order valence-corrected chi connectivity index (χ4v) is 11.9. The molecule has 0 radical (unpaired) electrons. The van der Waals surface area contributed by atoms with Crippen molar-refractivity contribution in [3.05, 3.63) is 196 Å². The second-order valence-electron chi connectivity index (χ2n) is 22.9. The fraction of sp³-hybridized carbons (Fsp3) is 0.314. The van der Waals surface area contributed by atoms with Crippen LogP contribution in [0.2, 0.25) is 0 Å². The maximum Gasteiger partial charge on any atom is 0.246 e. The number of anilines is 3. The summed E-state index contributed by atoms with van der Waals surface area (Å²) >= 11 is 0. The van der Waals surface area contributed by atoms with Gasteiger partial charge in [0.15, 0.2) is 0 Å². The van der Waals surface area contributed by atoms with Gasteiger partial charge in [-0.15, -0.1) is 12.4 Å². The summed E-state index contributed by atoms with van der Waals surface area (Å²) < 4.78 is 0. The second-order valence-corrected chi connectivity index (χ2v) is 22.9. The van der Waals surface area contributed by atoms with Crippen LogP contribution < -0.4 is 49.1 Å². The lowest BCUT2D eigenvalue weighted by Gasteiger charge is -2.22.